The fourth-order valence-corrected chi connectivity index (χ4v) is 5.21. The minimum atomic E-state index is -3.54. The Labute approximate surface area is 174 Å². The van der Waals surface area contributed by atoms with Crippen molar-refractivity contribution in [3.63, 3.8) is 0 Å². The molecule has 8 nitrogen and oxygen atoms in total. The number of ether oxygens (including phenoxy) is 1. The molecule has 0 bridgehead atoms. The second-order valence-corrected chi connectivity index (χ2v) is 9.35. The highest BCUT2D eigenvalue weighted by atomic mass is 32.2. The smallest absolute Gasteiger partial charge is 0.243 e. The number of piperazine rings is 1. The number of nitrogens with one attached hydrogen (secondary N) is 1. The second kappa shape index (κ2) is 9.37. The maximum Gasteiger partial charge on any atom is 0.243 e. The molecule has 1 aromatic heterocycles. The third-order valence-electron chi connectivity index (χ3n) is 4.72. The molecule has 1 aromatic carbocycles. The lowest BCUT2D eigenvalue weighted by Gasteiger charge is -2.33. The van der Waals surface area contributed by atoms with Crippen LogP contribution >= 0.6 is 11.3 Å². The topological polar surface area (TPSA) is 103 Å². The fraction of sp³-hybridized carbons (Fsp3) is 0.368. The number of carbonyl (C=O) groups excluding carboxylic acids is 1. The first-order chi connectivity index (χ1) is 13.9. The molecule has 1 amide bonds. The molecule has 0 unspecified atom stereocenters. The van der Waals surface area contributed by atoms with Crippen LogP contribution in [0.1, 0.15) is 12.0 Å². The quantitative estimate of drug-likeness (QED) is 0.715. The number of hydrogen-bond donors (Lipinski definition) is 1. The van der Waals surface area contributed by atoms with E-state index in [0.717, 1.165) is 0 Å². The number of methoxy groups -OCH3 is 1. The Morgan fingerprint density at radius 1 is 1.21 bits per heavy atom. The van der Waals surface area contributed by atoms with Crippen molar-refractivity contribution in [2.24, 2.45) is 0 Å². The van der Waals surface area contributed by atoms with Gasteiger partial charge in [0.1, 0.15) is 16.8 Å². The van der Waals surface area contributed by atoms with Gasteiger partial charge in [0.05, 0.1) is 17.6 Å². The zero-order chi connectivity index (χ0) is 20.9. The van der Waals surface area contributed by atoms with Crippen molar-refractivity contribution in [2.45, 2.75) is 11.3 Å². The van der Waals surface area contributed by atoms with Gasteiger partial charge < -0.3 is 15.0 Å². The SMILES string of the molecule is COc1ccc(S(=O)(=O)N2CCN(CCC(=O)Nc3sccc3C#N)CC2)cc1. The summed E-state index contributed by atoms with van der Waals surface area (Å²) in [6.45, 7) is 2.41. The molecule has 0 aliphatic carbocycles. The van der Waals surface area contributed by atoms with E-state index < -0.39 is 10.0 Å². The molecule has 1 N–H and O–H groups in total. The Kier molecular flexibility index (Phi) is 6.87. The molecule has 3 rings (SSSR count). The summed E-state index contributed by atoms with van der Waals surface area (Å²) >= 11 is 1.32. The van der Waals surface area contributed by atoms with Gasteiger partial charge in [-0.1, -0.05) is 0 Å². The number of carbonyl (C=O) groups is 1. The van der Waals surface area contributed by atoms with Crippen LogP contribution in [0.3, 0.4) is 0 Å². The van der Waals surface area contributed by atoms with Crippen LogP contribution < -0.4 is 10.1 Å². The molecule has 1 saturated heterocycles. The van der Waals surface area contributed by atoms with E-state index in [-0.39, 0.29) is 17.2 Å². The van der Waals surface area contributed by atoms with Crippen LogP contribution in [0.5, 0.6) is 5.75 Å². The van der Waals surface area contributed by atoms with Gasteiger partial charge >= 0.3 is 0 Å². The van der Waals surface area contributed by atoms with Crippen molar-refractivity contribution < 1.29 is 17.9 Å². The van der Waals surface area contributed by atoms with E-state index in [1.165, 1.54) is 22.8 Å². The first-order valence-electron chi connectivity index (χ1n) is 9.08. The maximum atomic E-state index is 12.8. The molecule has 1 fully saturated rings. The minimum absolute atomic E-state index is 0.155. The number of rotatable bonds is 7. The van der Waals surface area contributed by atoms with E-state index in [1.807, 2.05) is 6.07 Å². The maximum absolute atomic E-state index is 12.8. The molecule has 0 atom stereocenters. The lowest BCUT2D eigenvalue weighted by atomic mass is 10.3. The summed E-state index contributed by atoms with van der Waals surface area (Å²) in [6.07, 6.45) is 0.286. The number of nitrogens with zero attached hydrogens (tertiary/aromatic N) is 3. The Balaban J connectivity index is 1.48. The van der Waals surface area contributed by atoms with Crippen LogP contribution in [0.4, 0.5) is 5.00 Å². The second-order valence-electron chi connectivity index (χ2n) is 6.49. The number of sulfonamides is 1. The van der Waals surface area contributed by atoms with E-state index in [2.05, 4.69) is 10.2 Å². The van der Waals surface area contributed by atoms with Gasteiger partial charge in [-0.3, -0.25) is 4.79 Å². The monoisotopic (exact) mass is 434 g/mol. The van der Waals surface area contributed by atoms with Gasteiger partial charge in [-0.25, -0.2) is 8.42 Å². The number of amides is 1. The molecule has 1 aliphatic heterocycles. The van der Waals surface area contributed by atoms with E-state index in [9.17, 15) is 13.2 Å². The zero-order valence-electron chi connectivity index (χ0n) is 16.0. The van der Waals surface area contributed by atoms with Crippen molar-refractivity contribution in [1.82, 2.24) is 9.21 Å². The first-order valence-corrected chi connectivity index (χ1v) is 11.4. The van der Waals surface area contributed by atoms with Crippen LogP contribution in [0.15, 0.2) is 40.6 Å². The van der Waals surface area contributed by atoms with Gasteiger partial charge in [0.15, 0.2) is 0 Å². The van der Waals surface area contributed by atoms with Gasteiger partial charge in [-0.05, 0) is 35.7 Å². The highest BCUT2D eigenvalue weighted by Gasteiger charge is 2.28. The molecule has 0 saturated carbocycles. The summed E-state index contributed by atoms with van der Waals surface area (Å²) < 4.78 is 32.1. The largest absolute Gasteiger partial charge is 0.497 e. The van der Waals surface area contributed by atoms with Crippen LogP contribution in [-0.2, 0) is 14.8 Å². The van der Waals surface area contributed by atoms with Crippen molar-refractivity contribution in [2.75, 3.05) is 45.2 Å². The van der Waals surface area contributed by atoms with Gasteiger partial charge in [-0.2, -0.15) is 9.57 Å². The van der Waals surface area contributed by atoms with Crippen molar-refractivity contribution in [1.29, 1.82) is 5.26 Å². The van der Waals surface area contributed by atoms with Gasteiger partial charge in [0, 0.05) is 39.1 Å². The summed E-state index contributed by atoms with van der Waals surface area (Å²) in [5.41, 5.74) is 0.459. The van der Waals surface area contributed by atoms with E-state index in [0.29, 0.717) is 49.0 Å². The first kappa shape index (κ1) is 21.3. The van der Waals surface area contributed by atoms with E-state index in [4.69, 9.17) is 10.00 Å². The fourth-order valence-electron chi connectivity index (χ4n) is 3.03. The zero-order valence-corrected chi connectivity index (χ0v) is 17.6. The number of hydrogen-bond acceptors (Lipinski definition) is 7. The molecular weight excluding hydrogens is 412 g/mol. The molecule has 2 aromatic rings. The molecule has 0 spiro atoms. The average molecular weight is 435 g/mol. The normalized spacial score (nSPS) is 15.6. The van der Waals surface area contributed by atoms with Gasteiger partial charge in [0.25, 0.3) is 0 Å². The van der Waals surface area contributed by atoms with E-state index >= 15 is 0 Å². The van der Waals surface area contributed by atoms with Crippen molar-refractivity contribution >= 4 is 32.3 Å². The highest BCUT2D eigenvalue weighted by Crippen LogP contribution is 2.23. The molecule has 29 heavy (non-hydrogen) atoms. The minimum Gasteiger partial charge on any atom is -0.497 e. The summed E-state index contributed by atoms with van der Waals surface area (Å²) in [5, 5.41) is 14.1. The van der Waals surface area contributed by atoms with Gasteiger partial charge in [-0.15, -0.1) is 11.3 Å². The number of nitriles is 1. The van der Waals surface area contributed by atoms with Crippen LogP contribution in [0, 0.1) is 11.3 Å². The molecule has 10 heteroatoms. The average Bonchev–Trinajstić information content (AvgIpc) is 3.19. The van der Waals surface area contributed by atoms with Gasteiger partial charge in [0.2, 0.25) is 15.9 Å². The number of benzene rings is 1. The van der Waals surface area contributed by atoms with Crippen LogP contribution in [0.25, 0.3) is 0 Å². The molecule has 1 aliphatic rings. The lowest BCUT2D eigenvalue weighted by Crippen LogP contribution is -2.49. The molecular formula is C19H22N4O4S2. The van der Waals surface area contributed by atoms with Crippen molar-refractivity contribution in [3.8, 4) is 11.8 Å². The highest BCUT2D eigenvalue weighted by molar-refractivity contribution is 7.89. The predicted molar refractivity (Wildman–Crippen MR) is 110 cm³/mol. The third-order valence-corrected chi connectivity index (χ3v) is 7.46. The molecule has 2 heterocycles. The Morgan fingerprint density at radius 3 is 2.52 bits per heavy atom. The Hall–Kier alpha value is -2.45. The van der Waals surface area contributed by atoms with Crippen molar-refractivity contribution in [3.05, 3.63) is 41.3 Å². The summed E-state index contributed by atoms with van der Waals surface area (Å²) in [5.74, 6) is 0.453. The lowest BCUT2D eigenvalue weighted by molar-refractivity contribution is -0.116. The molecule has 154 valence electrons. The summed E-state index contributed by atoms with van der Waals surface area (Å²) in [6, 6.07) is 10.1. The Bertz CT molecular complexity index is 988. The summed E-state index contributed by atoms with van der Waals surface area (Å²) in [7, 11) is -2.01. The van der Waals surface area contributed by atoms with Crippen LogP contribution in [-0.4, -0.2) is 63.4 Å². The summed E-state index contributed by atoms with van der Waals surface area (Å²) in [4.78, 5) is 14.4. The molecule has 0 radical (unpaired) electrons. The predicted octanol–water partition coefficient (Wildman–Crippen LogP) is 1.96. The standard InChI is InChI=1S/C19H22N4O4S2/c1-27-16-2-4-17(5-3-16)29(25,26)23-11-9-22(10-12-23)8-6-18(24)21-19-15(14-20)7-13-28-19/h2-5,7,13H,6,8-12H2,1H3,(H,21,24). The number of thiophene rings is 1. The third kappa shape index (κ3) is 5.13. The Morgan fingerprint density at radius 2 is 1.90 bits per heavy atom. The van der Waals surface area contributed by atoms with Crippen LogP contribution in [0.2, 0.25) is 0 Å². The number of anilines is 1. The van der Waals surface area contributed by atoms with E-state index in [1.54, 1.807) is 35.7 Å².